The van der Waals surface area contributed by atoms with Gasteiger partial charge in [0.2, 0.25) is 5.91 Å². The summed E-state index contributed by atoms with van der Waals surface area (Å²) in [5.41, 5.74) is 11.6. The van der Waals surface area contributed by atoms with Crippen molar-refractivity contribution in [3.05, 3.63) is 58.9 Å². The van der Waals surface area contributed by atoms with Gasteiger partial charge in [-0.25, -0.2) is 9.79 Å². The third-order valence-electron chi connectivity index (χ3n) is 4.44. The van der Waals surface area contributed by atoms with E-state index in [9.17, 15) is 29.4 Å². The van der Waals surface area contributed by atoms with Crippen LogP contribution < -0.4 is 22.1 Å². The lowest BCUT2D eigenvalue weighted by molar-refractivity contribution is -0.137. The third kappa shape index (κ3) is 7.31. The van der Waals surface area contributed by atoms with Crippen LogP contribution in [-0.2, 0) is 16.0 Å². The van der Waals surface area contributed by atoms with Crippen LogP contribution in [0, 0.1) is 0 Å². The summed E-state index contributed by atoms with van der Waals surface area (Å²) in [7, 11) is 0. The molecule has 33 heavy (non-hydrogen) atoms. The van der Waals surface area contributed by atoms with Crippen LogP contribution in [0.4, 0.5) is 5.69 Å². The summed E-state index contributed by atoms with van der Waals surface area (Å²) in [4.78, 5) is 55.5. The molecule has 12 heteroatoms. The van der Waals surface area contributed by atoms with Crippen LogP contribution in [0.2, 0.25) is 0 Å². The van der Waals surface area contributed by atoms with Crippen molar-refractivity contribution >= 4 is 35.4 Å². The van der Waals surface area contributed by atoms with Crippen molar-refractivity contribution in [1.29, 1.82) is 0 Å². The van der Waals surface area contributed by atoms with Gasteiger partial charge >= 0.3 is 11.9 Å². The quantitative estimate of drug-likeness (QED) is 0.214. The SMILES string of the molecule is CCc1ncccc1C(CC(=O)O)NC(=O)CNC(=O)c1cc(N=C(N)N)cc(C(=O)O)c1. The highest BCUT2D eigenvalue weighted by Gasteiger charge is 2.21. The van der Waals surface area contributed by atoms with Gasteiger partial charge in [0, 0.05) is 17.5 Å². The molecule has 0 bridgehead atoms. The Kier molecular flexibility index (Phi) is 8.43. The van der Waals surface area contributed by atoms with E-state index in [0.29, 0.717) is 17.7 Å². The van der Waals surface area contributed by atoms with E-state index in [1.807, 2.05) is 6.92 Å². The number of carbonyl (C=O) groups excluding carboxylic acids is 2. The van der Waals surface area contributed by atoms with Crippen LogP contribution >= 0.6 is 0 Å². The lowest BCUT2D eigenvalue weighted by atomic mass is 10.0. The van der Waals surface area contributed by atoms with Crippen molar-refractivity contribution in [2.24, 2.45) is 16.5 Å². The number of carboxylic acid groups (broad SMARTS) is 2. The van der Waals surface area contributed by atoms with Crippen molar-refractivity contribution in [2.75, 3.05) is 6.54 Å². The Morgan fingerprint density at radius 3 is 2.42 bits per heavy atom. The molecule has 0 saturated heterocycles. The zero-order valence-corrected chi connectivity index (χ0v) is 17.7. The molecule has 2 rings (SSSR count). The molecule has 0 aliphatic heterocycles. The number of rotatable bonds is 10. The monoisotopic (exact) mass is 456 g/mol. The zero-order chi connectivity index (χ0) is 24.5. The molecule has 8 N–H and O–H groups in total. The second kappa shape index (κ2) is 11.2. The Balaban J connectivity index is 2.15. The first-order valence-electron chi connectivity index (χ1n) is 9.81. The molecule has 2 aromatic rings. The first-order valence-corrected chi connectivity index (χ1v) is 9.81. The van der Waals surface area contributed by atoms with E-state index in [-0.39, 0.29) is 29.2 Å². The summed E-state index contributed by atoms with van der Waals surface area (Å²) in [6.07, 6.45) is 1.74. The molecule has 174 valence electrons. The maximum absolute atomic E-state index is 12.5. The number of aliphatic carboxylic acids is 1. The van der Waals surface area contributed by atoms with Crippen molar-refractivity contribution in [1.82, 2.24) is 15.6 Å². The fourth-order valence-corrected chi connectivity index (χ4v) is 3.06. The summed E-state index contributed by atoms with van der Waals surface area (Å²) in [6.45, 7) is 1.37. The number of benzene rings is 1. The topological polar surface area (TPSA) is 210 Å². The molecule has 0 fully saturated rings. The van der Waals surface area contributed by atoms with Crippen molar-refractivity contribution in [3.63, 3.8) is 0 Å². The average molecular weight is 456 g/mol. The van der Waals surface area contributed by atoms with Crippen LogP contribution in [0.15, 0.2) is 41.5 Å². The number of aromatic nitrogens is 1. The number of hydrogen-bond donors (Lipinski definition) is 6. The Morgan fingerprint density at radius 1 is 1.12 bits per heavy atom. The smallest absolute Gasteiger partial charge is 0.335 e. The Bertz CT molecular complexity index is 1100. The number of nitrogens with one attached hydrogen (secondary N) is 2. The lowest BCUT2D eigenvalue weighted by Crippen LogP contribution is -2.39. The second-order valence-corrected chi connectivity index (χ2v) is 6.90. The van der Waals surface area contributed by atoms with Crippen molar-refractivity contribution < 1.29 is 29.4 Å². The predicted molar refractivity (Wildman–Crippen MR) is 118 cm³/mol. The number of carboxylic acids is 2. The van der Waals surface area contributed by atoms with E-state index in [0.717, 1.165) is 6.07 Å². The molecule has 1 unspecified atom stereocenters. The maximum atomic E-state index is 12.5. The summed E-state index contributed by atoms with van der Waals surface area (Å²) in [6, 6.07) is 6.02. The number of carbonyl (C=O) groups is 4. The van der Waals surface area contributed by atoms with E-state index in [1.54, 1.807) is 18.3 Å². The van der Waals surface area contributed by atoms with Gasteiger partial charge in [-0.05, 0) is 36.2 Å². The normalized spacial score (nSPS) is 11.2. The minimum Gasteiger partial charge on any atom is -0.481 e. The number of amides is 2. The first kappa shape index (κ1) is 24.8. The van der Waals surface area contributed by atoms with Gasteiger partial charge in [-0.2, -0.15) is 0 Å². The molecule has 0 aliphatic rings. The van der Waals surface area contributed by atoms with Crippen LogP contribution in [0.25, 0.3) is 0 Å². The number of aliphatic imine (C=N–C) groups is 1. The summed E-state index contributed by atoms with van der Waals surface area (Å²) < 4.78 is 0. The van der Waals surface area contributed by atoms with Gasteiger partial charge in [0.25, 0.3) is 5.91 Å². The molecule has 12 nitrogen and oxygen atoms in total. The van der Waals surface area contributed by atoms with Crippen LogP contribution in [0.1, 0.15) is 51.4 Å². The number of hydrogen-bond acceptors (Lipinski definition) is 6. The molecule has 1 aromatic carbocycles. The van der Waals surface area contributed by atoms with Crippen LogP contribution in [0.5, 0.6) is 0 Å². The van der Waals surface area contributed by atoms with Crippen molar-refractivity contribution in [3.8, 4) is 0 Å². The van der Waals surface area contributed by atoms with Gasteiger partial charge in [-0.3, -0.25) is 19.4 Å². The summed E-state index contributed by atoms with van der Waals surface area (Å²) in [5.74, 6) is -4.12. The molecular formula is C21H24N6O6. The number of aryl methyl sites for hydroxylation is 1. The van der Waals surface area contributed by atoms with Crippen LogP contribution in [-0.4, -0.2) is 51.5 Å². The maximum Gasteiger partial charge on any atom is 0.335 e. The number of nitrogens with zero attached hydrogens (tertiary/aromatic N) is 2. The van der Waals surface area contributed by atoms with E-state index in [2.05, 4.69) is 20.6 Å². The minimum atomic E-state index is -1.30. The first-order chi connectivity index (χ1) is 15.6. The summed E-state index contributed by atoms with van der Waals surface area (Å²) in [5, 5.41) is 23.4. The average Bonchev–Trinajstić information content (AvgIpc) is 2.75. The van der Waals surface area contributed by atoms with Gasteiger partial charge in [0.05, 0.1) is 30.3 Å². The Morgan fingerprint density at radius 2 is 1.82 bits per heavy atom. The second-order valence-electron chi connectivity index (χ2n) is 6.90. The van der Waals surface area contributed by atoms with E-state index < -0.39 is 36.3 Å². The largest absolute Gasteiger partial charge is 0.481 e. The van der Waals surface area contributed by atoms with Crippen molar-refractivity contribution in [2.45, 2.75) is 25.8 Å². The molecule has 0 aliphatic carbocycles. The highest BCUT2D eigenvalue weighted by molar-refractivity contribution is 6.00. The van der Waals surface area contributed by atoms with E-state index in [1.165, 1.54) is 12.1 Å². The Hall–Kier alpha value is -4.48. The molecule has 1 heterocycles. The molecule has 1 atom stereocenters. The lowest BCUT2D eigenvalue weighted by Gasteiger charge is -2.19. The third-order valence-corrected chi connectivity index (χ3v) is 4.44. The molecular weight excluding hydrogens is 432 g/mol. The van der Waals surface area contributed by atoms with E-state index in [4.69, 9.17) is 11.5 Å². The highest BCUT2D eigenvalue weighted by atomic mass is 16.4. The van der Waals surface area contributed by atoms with Gasteiger partial charge in [0.1, 0.15) is 0 Å². The van der Waals surface area contributed by atoms with Gasteiger partial charge in [0.15, 0.2) is 5.96 Å². The number of aromatic carboxylic acids is 1. The van der Waals surface area contributed by atoms with Gasteiger partial charge in [-0.15, -0.1) is 0 Å². The fraction of sp³-hybridized carbons (Fsp3) is 0.238. The Labute approximate surface area is 188 Å². The molecule has 0 spiro atoms. The van der Waals surface area contributed by atoms with Gasteiger partial charge in [-0.1, -0.05) is 13.0 Å². The molecule has 0 radical (unpaired) electrons. The molecule has 1 aromatic heterocycles. The number of guanidine groups is 1. The zero-order valence-electron chi connectivity index (χ0n) is 17.7. The molecule has 2 amide bonds. The van der Waals surface area contributed by atoms with E-state index >= 15 is 0 Å². The van der Waals surface area contributed by atoms with Gasteiger partial charge < -0.3 is 32.3 Å². The van der Waals surface area contributed by atoms with Crippen LogP contribution in [0.3, 0.4) is 0 Å². The number of pyridine rings is 1. The standard InChI is InChI=1S/C21H24N6O6/c1-2-15-14(4-3-5-24-15)16(9-18(29)30)27-17(28)10-25-19(31)11-6-12(20(32)33)8-13(7-11)26-21(22)23/h3-8,16H,2,9-10H2,1H3,(H,25,31)(H,27,28)(H,29,30)(H,32,33)(H4,22,23,26). The fourth-order valence-electron chi connectivity index (χ4n) is 3.06. The summed E-state index contributed by atoms with van der Waals surface area (Å²) >= 11 is 0. The minimum absolute atomic E-state index is 0.0506. The molecule has 0 saturated carbocycles. The highest BCUT2D eigenvalue weighted by Crippen LogP contribution is 2.21. The number of nitrogens with two attached hydrogens (primary N) is 2. The predicted octanol–water partition coefficient (Wildman–Crippen LogP) is 0.309.